The molecule has 3 nitrogen and oxygen atoms in total. The number of aromatic hydroxyl groups is 1. The molecule has 0 aliphatic rings. The molecule has 124 valence electrons. The van der Waals surface area contributed by atoms with Gasteiger partial charge in [-0.2, -0.15) is 8.78 Å². The van der Waals surface area contributed by atoms with Gasteiger partial charge < -0.3 is 10.1 Å². The highest BCUT2D eigenvalue weighted by atomic mass is 79.9. The minimum atomic E-state index is -3.65. The Kier molecular flexibility index (Phi) is 4.13. The van der Waals surface area contributed by atoms with Crippen LogP contribution < -0.4 is 5.56 Å². The molecule has 2 aromatic carbocycles. The molecule has 24 heavy (non-hydrogen) atoms. The summed E-state index contributed by atoms with van der Waals surface area (Å²) in [7, 11) is 0. The zero-order valence-electron chi connectivity index (χ0n) is 12.1. The van der Waals surface area contributed by atoms with E-state index < -0.39 is 23.7 Å². The van der Waals surface area contributed by atoms with Gasteiger partial charge in [0.2, 0.25) is 0 Å². The van der Waals surface area contributed by atoms with Crippen molar-refractivity contribution in [3.8, 4) is 16.9 Å². The first-order valence-corrected chi connectivity index (χ1v) is 7.72. The van der Waals surface area contributed by atoms with E-state index in [0.29, 0.717) is 15.4 Å². The van der Waals surface area contributed by atoms with Gasteiger partial charge in [0.05, 0.1) is 11.1 Å². The normalized spacial score (nSPS) is 11.8. The van der Waals surface area contributed by atoms with Crippen LogP contribution in [0.4, 0.5) is 13.2 Å². The molecular weight excluding hydrogens is 387 g/mol. The molecule has 0 saturated heterocycles. The third-order valence-electron chi connectivity index (χ3n) is 3.69. The third-order valence-corrected chi connectivity index (χ3v) is 4.18. The Morgan fingerprint density at radius 2 is 1.92 bits per heavy atom. The molecule has 0 aliphatic heterocycles. The van der Waals surface area contributed by atoms with Gasteiger partial charge >= 0.3 is 5.92 Å². The molecule has 3 aromatic rings. The third kappa shape index (κ3) is 2.80. The number of hydrogen-bond donors (Lipinski definition) is 2. The molecule has 0 unspecified atom stereocenters. The van der Waals surface area contributed by atoms with E-state index in [1.165, 1.54) is 12.1 Å². The van der Waals surface area contributed by atoms with Gasteiger partial charge in [0.15, 0.2) is 6.67 Å². The van der Waals surface area contributed by atoms with E-state index in [0.717, 1.165) is 12.1 Å². The Balaban J connectivity index is 2.27. The molecule has 3 rings (SSSR count). The summed E-state index contributed by atoms with van der Waals surface area (Å²) in [6, 6.07) is 9.69. The summed E-state index contributed by atoms with van der Waals surface area (Å²) in [6.45, 7) is -1.84. The van der Waals surface area contributed by atoms with E-state index in [1.54, 1.807) is 18.2 Å². The molecule has 0 aliphatic carbocycles. The van der Waals surface area contributed by atoms with Crippen LogP contribution in [0.5, 0.6) is 5.75 Å². The number of rotatable bonds is 3. The summed E-state index contributed by atoms with van der Waals surface area (Å²) in [6.07, 6.45) is 0. The zero-order chi connectivity index (χ0) is 17.5. The van der Waals surface area contributed by atoms with Gasteiger partial charge in [-0.25, -0.2) is 4.39 Å². The summed E-state index contributed by atoms with van der Waals surface area (Å²) in [5.41, 5.74) is -0.827. The van der Waals surface area contributed by atoms with Crippen LogP contribution in [-0.2, 0) is 5.92 Å². The van der Waals surface area contributed by atoms with Crippen molar-refractivity contribution in [2.75, 3.05) is 6.67 Å². The van der Waals surface area contributed by atoms with Gasteiger partial charge in [-0.3, -0.25) is 4.79 Å². The smallest absolute Gasteiger partial charge is 0.301 e. The van der Waals surface area contributed by atoms with Crippen LogP contribution in [0.25, 0.3) is 22.0 Å². The molecule has 0 spiro atoms. The fourth-order valence-corrected chi connectivity index (χ4v) is 2.86. The van der Waals surface area contributed by atoms with E-state index in [1.807, 2.05) is 0 Å². The Hall–Kier alpha value is -2.28. The Labute approximate surface area is 142 Å². The number of hydrogen-bond acceptors (Lipinski definition) is 2. The number of H-pyrrole nitrogens is 1. The van der Waals surface area contributed by atoms with E-state index >= 15 is 0 Å². The lowest BCUT2D eigenvalue weighted by molar-refractivity contribution is -0.0280. The first kappa shape index (κ1) is 16.6. The highest BCUT2D eigenvalue weighted by Crippen LogP contribution is 2.36. The standard InChI is InChI=1S/C17H11BrF3NO2/c18-11-4-5-13-12(7-11)15(23)14(16(24)22-13)9-2-1-3-10(6-9)17(20,21)8-19/h1-7H,8H2,(H2,22,23,24). The van der Waals surface area contributed by atoms with Gasteiger partial charge in [0, 0.05) is 15.4 Å². The van der Waals surface area contributed by atoms with Crippen molar-refractivity contribution in [2.24, 2.45) is 0 Å². The van der Waals surface area contributed by atoms with E-state index in [2.05, 4.69) is 20.9 Å². The van der Waals surface area contributed by atoms with Crippen molar-refractivity contribution in [1.82, 2.24) is 4.98 Å². The SMILES string of the molecule is O=c1[nH]c2ccc(Br)cc2c(O)c1-c1cccc(C(F)(F)CF)c1. The van der Waals surface area contributed by atoms with Crippen molar-refractivity contribution < 1.29 is 18.3 Å². The quantitative estimate of drug-likeness (QED) is 0.671. The summed E-state index contributed by atoms with van der Waals surface area (Å²) >= 11 is 3.27. The number of nitrogens with one attached hydrogen (secondary N) is 1. The summed E-state index contributed by atoms with van der Waals surface area (Å²) in [5.74, 6) is -3.98. The molecular formula is C17H11BrF3NO2. The number of alkyl halides is 3. The summed E-state index contributed by atoms with van der Waals surface area (Å²) < 4.78 is 40.3. The first-order chi connectivity index (χ1) is 11.3. The fraction of sp³-hybridized carbons (Fsp3) is 0.118. The Bertz CT molecular complexity index is 985. The maximum atomic E-state index is 13.6. The average Bonchev–Trinajstić information content (AvgIpc) is 2.56. The van der Waals surface area contributed by atoms with Crippen molar-refractivity contribution in [3.05, 3.63) is 62.9 Å². The highest BCUT2D eigenvalue weighted by molar-refractivity contribution is 9.10. The second-order valence-electron chi connectivity index (χ2n) is 5.29. The average molecular weight is 398 g/mol. The van der Waals surface area contributed by atoms with Crippen LogP contribution in [0.2, 0.25) is 0 Å². The zero-order valence-corrected chi connectivity index (χ0v) is 13.7. The number of fused-ring (bicyclic) bond motifs is 1. The van der Waals surface area contributed by atoms with Crippen LogP contribution in [0.1, 0.15) is 5.56 Å². The second kappa shape index (κ2) is 5.98. The van der Waals surface area contributed by atoms with Gasteiger partial charge in [0.1, 0.15) is 5.75 Å². The maximum absolute atomic E-state index is 13.6. The molecule has 0 amide bonds. The van der Waals surface area contributed by atoms with Crippen molar-refractivity contribution >= 4 is 26.8 Å². The number of halogens is 4. The largest absolute Gasteiger partial charge is 0.506 e. The molecule has 1 aromatic heterocycles. The van der Waals surface area contributed by atoms with Crippen LogP contribution in [0.15, 0.2) is 51.7 Å². The Morgan fingerprint density at radius 3 is 2.62 bits per heavy atom. The summed E-state index contributed by atoms with van der Waals surface area (Å²) in [4.78, 5) is 14.9. The Morgan fingerprint density at radius 1 is 1.17 bits per heavy atom. The molecule has 0 fully saturated rings. The molecule has 0 radical (unpaired) electrons. The van der Waals surface area contributed by atoms with Crippen LogP contribution in [-0.4, -0.2) is 16.8 Å². The number of aromatic nitrogens is 1. The lowest BCUT2D eigenvalue weighted by Crippen LogP contribution is -2.16. The van der Waals surface area contributed by atoms with Crippen LogP contribution in [0.3, 0.4) is 0 Å². The second-order valence-corrected chi connectivity index (χ2v) is 6.20. The van der Waals surface area contributed by atoms with Crippen molar-refractivity contribution in [1.29, 1.82) is 0 Å². The number of aromatic amines is 1. The minimum Gasteiger partial charge on any atom is -0.506 e. The number of pyridine rings is 1. The van der Waals surface area contributed by atoms with Crippen LogP contribution >= 0.6 is 15.9 Å². The van der Waals surface area contributed by atoms with E-state index in [4.69, 9.17) is 0 Å². The predicted octanol–water partition coefficient (Wildman–Crippen LogP) is 4.72. The molecule has 0 bridgehead atoms. The van der Waals surface area contributed by atoms with E-state index in [-0.39, 0.29) is 16.9 Å². The lowest BCUT2D eigenvalue weighted by Gasteiger charge is -2.14. The molecule has 0 atom stereocenters. The van der Waals surface area contributed by atoms with E-state index in [9.17, 15) is 23.1 Å². The molecule has 1 heterocycles. The number of benzene rings is 2. The van der Waals surface area contributed by atoms with Crippen molar-refractivity contribution in [2.45, 2.75) is 5.92 Å². The summed E-state index contributed by atoms with van der Waals surface area (Å²) in [5, 5.41) is 10.8. The van der Waals surface area contributed by atoms with Crippen molar-refractivity contribution in [3.63, 3.8) is 0 Å². The van der Waals surface area contributed by atoms with Gasteiger partial charge in [-0.05, 0) is 29.8 Å². The fourth-order valence-electron chi connectivity index (χ4n) is 2.50. The van der Waals surface area contributed by atoms with Gasteiger partial charge in [0.25, 0.3) is 5.56 Å². The van der Waals surface area contributed by atoms with Crippen LogP contribution in [0, 0.1) is 0 Å². The minimum absolute atomic E-state index is 0.0845. The predicted molar refractivity (Wildman–Crippen MR) is 89.2 cm³/mol. The molecule has 0 saturated carbocycles. The van der Waals surface area contributed by atoms with Gasteiger partial charge in [-0.1, -0.05) is 34.1 Å². The molecule has 2 N–H and O–H groups in total. The van der Waals surface area contributed by atoms with Gasteiger partial charge in [-0.15, -0.1) is 0 Å². The topological polar surface area (TPSA) is 53.1 Å². The monoisotopic (exact) mass is 397 g/mol. The lowest BCUT2D eigenvalue weighted by atomic mass is 9.99. The first-order valence-electron chi connectivity index (χ1n) is 6.92. The molecule has 7 heteroatoms. The maximum Gasteiger partial charge on any atom is 0.301 e. The highest BCUT2D eigenvalue weighted by Gasteiger charge is 2.32.